The Hall–Kier alpha value is -0.0800. The van der Waals surface area contributed by atoms with E-state index in [-0.39, 0.29) is 0 Å². The summed E-state index contributed by atoms with van der Waals surface area (Å²) in [5.41, 5.74) is 0.962. The fourth-order valence-electron chi connectivity index (χ4n) is 4.30. The van der Waals surface area contributed by atoms with Gasteiger partial charge in [-0.2, -0.15) is 0 Å². The molecule has 2 atom stereocenters. The van der Waals surface area contributed by atoms with Gasteiger partial charge in [0.1, 0.15) is 0 Å². The SMILES string of the molecule is CC(C)(C)CC1CC(CC(C)(C)CCN2CCCC2)CN1. The molecule has 124 valence electrons. The molecule has 0 aromatic heterocycles. The lowest BCUT2D eigenvalue weighted by atomic mass is 9.78. The lowest BCUT2D eigenvalue weighted by Crippen LogP contribution is -2.27. The minimum atomic E-state index is 0.456. The highest BCUT2D eigenvalue weighted by atomic mass is 15.1. The molecule has 2 unspecified atom stereocenters. The number of hydrogen-bond acceptors (Lipinski definition) is 2. The molecule has 0 radical (unpaired) electrons. The van der Waals surface area contributed by atoms with Crippen LogP contribution in [-0.4, -0.2) is 37.1 Å². The molecule has 2 aliphatic rings. The Balaban J connectivity index is 1.70. The van der Waals surface area contributed by atoms with Crippen molar-refractivity contribution in [2.75, 3.05) is 26.2 Å². The summed E-state index contributed by atoms with van der Waals surface area (Å²) >= 11 is 0. The summed E-state index contributed by atoms with van der Waals surface area (Å²) < 4.78 is 0. The minimum absolute atomic E-state index is 0.456. The van der Waals surface area contributed by atoms with Crippen LogP contribution in [0, 0.1) is 16.7 Å². The van der Waals surface area contributed by atoms with Crippen molar-refractivity contribution >= 4 is 0 Å². The summed E-state index contributed by atoms with van der Waals surface area (Å²) in [5, 5.41) is 3.77. The molecule has 2 heteroatoms. The van der Waals surface area contributed by atoms with Crippen molar-refractivity contribution < 1.29 is 0 Å². The molecule has 2 aliphatic heterocycles. The van der Waals surface area contributed by atoms with Crippen LogP contribution >= 0.6 is 0 Å². The first-order chi connectivity index (χ1) is 9.73. The third-order valence-electron chi connectivity index (χ3n) is 5.32. The molecule has 0 aromatic carbocycles. The zero-order valence-corrected chi connectivity index (χ0v) is 15.2. The van der Waals surface area contributed by atoms with E-state index in [9.17, 15) is 0 Å². The Labute approximate surface area is 133 Å². The van der Waals surface area contributed by atoms with Crippen molar-refractivity contribution in [3.05, 3.63) is 0 Å². The van der Waals surface area contributed by atoms with Gasteiger partial charge in [-0.05, 0) is 81.5 Å². The van der Waals surface area contributed by atoms with Crippen LogP contribution in [0.5, 0.6) is 0 Å². The zero-order chi connectivity index (χ0) is 15.5. The fraction of sp³-hybridized carbons (Fsp3) is 1.00. The van der Waals surface area contributed by atoms with Gasteiger partial charge in [-0.15, -0.1) is 0 Å². The van der Waals surface area contributed by atoms with Crippen molar-refractivity contribution in [2.45, 2.75) is 79.2 Å². The van der Waals surface area contributed by atoms with E-state index in [1.54, 1.807) is 0 Å². The Kier molecular flexibility index (Phi) is 5.76. The van der Waals surface area contributed by atoms with Gasteiger partial charge in [0.15, 0.2) is 0 Å². The van der Waals surface area contributed by atoms with Crippen LogP contribution in [0.1, 0.15) is 73.1 Å². The molecular weight excluding hydrogens is 256 g/mol. The molecule has 2 nitrogen and oxygen atoms in total. The number of likely N-dealkylation sites (tertiary alicyclic amines) is 1. The first kappa shape index (κ1) is 17.3. The predicted octanol–water partition coefficient (Wildman–Crippen LogP) is 4.30. The van der Waals surface area contributed by atoms with Crippen LogP contribution in [0.3, 0.4) is 0 Å². The van der Waals surface area contributed by atoms with E-state index in [1.807, 2.05) is 0 Å². The van der Waals surface area contributed by atoms with Crippen LogP contribution in [0.4, 0.5) is 0 Å². The fourth-order valence-corrected chi connectivity index (χ4v) is 4.30. The summed E-state index contributed by atoms with van der Waals surface area (Å²) in [4.78, 5) is 2.66. The van der Waals surface area contributed by atoms with E-state index in [2.05, 4.69) is 44.8 Å². The van der Waals surface area contributed by atoms with Crippen LogP contribution < -0.4 is 5.32 Å². The second kappa shape index (κ2) is 7.00. The van der Waals surface area contributed by atoms with Gasteiger partial charge in [-0.1, -0.05) is 34.6 Å². The second-order valence-corrected chi connectivity index (χ2v) is 9.64. The number of rotatable bonds is 6. The maximum atomic E-state index is 3.77. The first-order valence-corrected chi connectivity index (χ1v) is 9.19. The first-order valence-electron chi connectivity index (χ1n) is 9.19. The summed E-state index contributed by atoms with van der Waals surface area (Å²) in [6.45, 7) is 17.3. The van der Waals surface area contributed by atoms with Crippen LogP contribution in [0.15, 0.2) is 0 Å². The molecule has 0 bridgehead atoms. The van der Waals surface area contributed by atoms with Crippen molar-refractivity contribution in [3.63, 3.8) is 0 Å². The lowest BCUT2D eigenvalue weighted by Gasteiger charge is -2.30. The van der Waals surface area contributed by atoms with Gasteiger partial charge in [0, 0.05) is 6.04 Å². The Bertz CT molecular complexity index is 310. The maximum Gasteiger partial charge on any atom is 0.00752 e. The standard InChI is InChI=1S/C19H38N2/c1-18(2,3)14-17-12-16(15-20-17)13-19(4,5)8-11-21-9-6-7-10-21/h16-17,20H,6-15H2,1-5H3. The summed E-state index contributed by atoms with van der Waals surface area (Å²) in [6.07, 6.45) is 8.31. The molecule has 0 saturated carbocycles. The molecule has 21 heavy (non-hydrogen) atoms. The second-order valence-electron chi connectivity index (χ2n) is 9.64. The average Bonchev–Trinajstić information content (AvgIpc) is 2.96. The molecule has 1 N–H and O–H groups in total. The van der Waals surface area contributed by atoms with Crippen molar-refractivity contribution in [3.8, 4) is 0 Å². The monoisotopic (exact) mass is 294 g/mol. The smallest absolute Gasteiger partial charge is 0.00752 e. The molecule has 2 saturated heterocycles. The molecule has 0 amide bonds. The third kappa shape index (κ3) is 6.28. The third-order valence-corrected chi connectivity index (χ3v) is 5.32. The van der Waals surface area contributed by atoms with E-state index in [1.165, 1.54) is 64.7 Å². The summed E-state index contributed by atoms with van der Waals surface area (Å²) in [5.74, 6) is 0.894. The van der Waals surface area contributed by atoms with E-state index >= 15 is 0 Å². The largest absolute Gasteiger partial charge is 0.314 e. The Morgan fingerprint density at radius 1 is 1.00 bits per heavy atom. The quantitative estimate of drug-likeness (QED) is 0.785. The van der Waals surface area contributed by atoms with Crippen molar-refractivity contribution in [1.82, 2.24) is 10.2 Å². The average molecular weight is 295 g/mol. The maximum absolute atomic E-state index is 3.77. The molecule has 0 aromatic rings. The van der Waals surface area contributed by atoms with Crippen LogP contribution in [0.25, 0.3) is 0 Å². The van der Waals surface area contributed by atoms with E-state index in [4.69, 9.17) is 0 Å². The van der Waals surface area contributed by atoms with Crippen LogP contribution in [-0.2, 0) is 0 Å². The van der Waals surface area contributed by atoms with Crippen LogP contribution in [0.2, 0.25) is 0 Å². The number of nitrogens with one attached hydrogen (secondary N) is 1. The van der Waals surface area contributed by atoms with Gasteiger partial charge in [0.2, 0.25) is 0 Å². The van der Waals surface area contributed by atoms with Crippen molar-refractivity contribution in [1.29, 1.82) is 0 Å². The topological polar surface area (TPSA) is 15.3 Å². The van der Waals surface area contributed by atoms with Gasteiger partial charge < -0.3 is 10.2 Å². The molecule has 2 heterocycles. The minimum Gasteiger partial charge on any atom is -0.314 e. The molecule has 0 aliphatic carbocycles. The van der Waals surface area contributed by atoms with Gasteiger partial charge in [-0.3, -0.25) is 0 Å². The van der Waals surface area contributed by atoms with E-state index in [0.717, 1.165) is 12.0 Å². The predicted molar refractivity (Wildman–Crippen MR) is 92.7 cm³/mol. The van der Waals surface area contributed by atoms with Gasteiger partial charge in [0.25, 0.3) is 0 Å². The highest BCUT2D eigenvalue weighted by Gasteiger charge is 2.31. The molecule has 2 fully saturated rings. The Morgan fingerprint density at radius 2 is 1.67 bits per heavy atom. The highest BCUT2D eigenvalue weighted by Crippen LogP contribution is 2.35. The van der Waals surface area contributed by atoms with Crippen molar-refractivity contribution in [2.24, 2.45) is 16.7 Å². The summed E-state index contributed by atoms with van der Waals surface area (Å²) in [6, 6.07) is 0.754. The van der Waals surface area contributed by atoms with E-state index < -0.39 is 0 Å². The number of hydrogen-bond donors (Lipinski definition) is 1. The lowest BCUT2D eigenvalue weighted by molar-refractivity contribution is 0.208. The summed E-state index contributed by atoms with van der Waals surface area (Å²) in [7, 11) is 0. The van der Waals surface area contributed by atoms with Gasteiger partial charge in [0.05, 0.1) is 0 Å². The highest BCUT2D eigenvalue weighted by molar-refractivity contribution is 4.88. The normalized spacial score (nSPS) is 28.4. The van der Waals surface area contributed by atoms with Gasteiger partial charge >= 0.3 is 0 Å². The van der Waals surface area contributed by atoms with E-state index in [0.29, 0.717) is 10.8 Å². The molecular formula is C19H38N2. The molecule has 2 rings (SSSR count). The molecule has 0 spiro atoms. The van der Waals surface area contributed by atoms with Gasteiger partial charge in [-0.25, -0.2) is 0 Å². The Morgan fingerprint density at radius 3 is 2.29 bits per heavy atom. The zero-order valence-electron chi connectivity index (χ0n) is 15.2. The number of nitrogens with zero attached hydrogens (tertiary/aromatic N) is 1.